The molecular weight excluding hydrogens is 262 g/mol. The van der Waals surface area contributed by atoms with Crippen molar-refractivity contribution in [2.45, 2.75) is 19.3 Å². The SMILES string of the molecule is COc1cccc(N2CCN(CC3(CCN)CC3)CC2)c1. The van der Waals surface area contributed by atoms with E-state index >= 15 is 0 Å². The van der Waals surface area contributed by atoms with Crippen molar-refractivity contribution in [3.63, 3.8) is 0 Å². The van der Waals surface area contributed by atoms with Gasteiger partial charge in [0.1, 0.15) is 5.75 Å². The first-order chi connectivity index (χ1) is 10.2. The summed E-state index contributed by atoms with van der Waals surface area (Å²) >= 11 is 0. The van der Waals surface area contributed by atoms with Gasteiger partial charge in [-0.1, -0.05) is 6.07 Å². The zero-order valence-corrected chi connectivity index (χ0v) is 13.1. The average molecular weight is 289 g/mol. The van der Waals surface area contributed by atoms with E-state index in [0.717, 1.165) is 38.5 Å². The number of methoxy groups -OCH3 is 1. The third-order valence-electron chi connectivity index (χ3n) is 4.98. The number of ether oxygens (including phenoxy) is 1. The number of anilines is 1. The van der Waals surface area contributed by atoms with Crippen LogP contribution < -0.4 is 15.4 Å². The predicted octanol–water partition coefficient (Wildman–Crippen LogP) is 1.95. The van der Waals surface area contributed by atoms with E-state index in [1.807, 2.05) is 6.07 Å². The van der Waals surface area contributed by atoms with Crippen LogP contribution in [0.1, 0.15) is 19.3 Å². The topological polar surface area (TPSA) is 41.7 Å². The number of benzene rings is 1. The molecular formula is C17H27N3O. The summed E-state index contributed by atoms with van der Waals surface area (Å²) in [6.07, 6.45) is 3.95. The molecule has 0 bridgehead atoms. The third kappa shape index (κ3) is 3.50. The molecule has 4 nitrogen and oxygen atoms in total. The van der Waals surface area contributed by atoms with E-state index in [4.69, 9.17) is 10.5 Å². The molecule has 1 saturated heterocycles. The molecule has 2 fully saturated rings. The maximum absolute atomic E-state index is 5.75. The van der Waals surface area contributed by atoms with E-state index < -0.39 is 0 Å². The van der Waals surface area contributed by atoms with Crippen molar-refractivity contribution in [3.8, 4) is 5.75 Å². The van der Waals surface area contributed by atoms with Crippen LogP contribution in [0.15, 0.2) is 24.3 Å². The molecule has 0 aromatic heterocycles. The molecule has 4 heteroatoms. The second-order valence-corrected chi connectivity index (χ2v) is 6.50. The Morgan fingerprint density at radius 3 is 2.57 bits per heavy atom. The third-order valence-corrected chi connectivity index (χ3v) is 4.98. The quantitative estimate of drug-likeness (QED) is 0.869. The normalized spacial score (nSPS) is 21.3. The van der Waals surface area contributed by atoms with Crippen LogP contribution in [0.4, 0.5) is 5.69 Å². The van der Waals surface area contributed by atoms with Gasteiger partial charge >= 0.3 is 0 Å². The van der Waals surface area contributed by atoms with Crippen molar-refractivity contribution >= 4 is 5.69 Å². The summed E-state index contributed by atoms with van der Waals surface area (Å²) in [7, 11) is 1.73. The summed E-state index contributed by atoms with van der Waals surface area (Å²) in [6.45, 7) is 6.60. The number of nitrogens with two attached hydrogens (primary N) is 1. The molecule has 0 radical (unpaired) electrons. The Morgan fingerprint density at radius 1 is 1.19 bits per heavy atom. The summed E-state index contributed by atoms with van der Waals surface area (Å²) < 4.78 is 5.32. The van der Waals surface area contributed by atoms with Crippen LogP contribution in [0.3, 0.4) is 0 Å². The van der Waals surface area contributed by atoms with Crippen molar-refractivity contribution < 1.29 is 4.74 Å². The fourth-order valence-corrected chi connectivity index (χ4v) is 3.42. The van der Waals surface area contributed by atoms with E-state index in [1.54, 1.807) is 7.11 Å². The van der Waals surface area contributed by atoms with E-state index in [2.05, 4.69) is 28.0 Å². The first-order valence-corrected chi connectivity index (χ1v) is 8.06. The summed E-state index contributed by atoms with van der Waals surface area (Å²) in [4.78, 5) is 5.08. The molecule has 21 heavy (non-hydrogen) atoms. The van der Waals surface area contributed by atoms with Crippen molar-refractivity contribution in [2.75, 3.05) is 51.3 Å². The zero-order valence-electron chi connectivity index (χ0n) is 13.1. The van der Waals surface area contributed by atoms with Crippen LogP contribution >= 0.6 is 0 Å². The molecule has 1 aliphatic heterocycles. The largest absolute Gasteiger partial charge is 0.497 e. The highest BCUT2D eigenvalue weighted by atomic mass is 16.5. The molecule has 2 N–H and O–H groups in total. The Kier molecular flexibility index (Phi) is 4.36. The van der Waals surface area contributed by atoms with E-state index in [9.17, 15) is 0 Å². The van der Waals surface area contributed by atoms with Crippen molar-refractivity contribution in [2.24, 2.45) is 11.1 Å². The number of hydrogen-bond acceptors (Lipinski definition) is 4. The standard InChI is InChI=1S/C17H27N3O/c1-21-16-4-2-3-15(13-16)20-11-9-19(10-12-20)14-17(5-6-17)7-8-18/h2-4,13H,5-12,14,18H2,1H3. The van der Waals surface area contributed by atoms with Gasteiger partial charge < -0.3 is 15.4 Å². The molecule has 0 atom stereocenters. The molecule has 0 unspecified atom stereocenters. The van der Waals surface area contributed by atoms with Crippen molar-refractivity contribution in [1.82, 2.24) is 4.90 Å². The second kappa shape index (κ2) is 6.24. The first kappa shape index (κ1) is 14.7. The molecule has 0 spiro atoms. The molecule has 3 rings (SSSR count). The molecule has 116 valence electrons. The lowest BCUT2D eigenvalue weighted by Crippen LogP contribution is -2.48. The van der Waals surface area contributed by atoms with Gasteiger partial charge in [-0.15, -0.1) is 0 Å². The van der Waals surface area contributed by atoms with Gasteiger partial charge in [0, 0.05) is 44.5 Å². The van der Waals surface area contributed by atoms with Gasteiger partial charge in [0.2, 0.25) is 0 Å². The summed E-state index contributed by atoms with van der Waals surface area (Å²) in [5.74, 6) is 0.940. The van der Waals surface area contributed by atoms with E-state index in [0.29, 0.717) is 5.41 Å². The smallest absolute Gasteiger partial charge is 0.120 e. The monoisotopic (exact) mass is 289 g/mol. The van der Waals surface area contributed by atoms with Gasteiger partial charge in [-0.25, -0.2) is 0 Å². The van der Waals surface area contributed by atoms with Crippen molar-refractivity contribution in [1.29, 1.82) is 0 Å². The van der Waals surface area contributed by atoms with E-state index in [1.165, 1.54) is 31.5 Å². The van der Waals surface area contributed by atoms with Gasteiger partial charge in [0.05, 0.1) is 7.11 Å². The maximum Gasteiger partial charge on any atom is 0.120 e. The minimum Gasteiger partial charge on any atom is -0.497 e. The lowest BCUT2D eigenvalue weighted by molar-refractivity contribution is 0.203. The lowest BCUT2D eigenvalue weighted by Gasteiger charge is -2.38. The molecule has 1 saturated carbocycles. The predicted molar refractivity (Wildman–Crippen MR) is 87.0 cm³/mol. The fraction of sp³-hybridized carbons (Fsp3) is 0.647. The highest BCUT2D eigenvalue weighted by molar-refractivity contribution is 5.51. The Bertz CT molecular complexity index is 465. The minimum absolute atomic E-state index is 0.562. The summed E-state index contributed by atoms with van der Waals surface area (Å²) in [5.41, 5.74) is 7.58. The van der Waals surface area contributed by atoms with E-state index in [-0.39, 0.29) is 0 Å². The van der Waals surface area contributed by atoms with Gasteiger partial charge in [-0.05, 0) is 43.4 Å². The molecule has 2 aliphatic rings. The van der Waals surface area contributed by atoms with Gasteiger partial charge in [0.25, 0.3) is 0 Å². The molecule has 1 aromatic carbocycles. The Morgan fingerprint density at radius 2 is 1.95 bits per heavy atom. The zero-order chi connectivity index (χ0) is 14.7. The number of piperazine rings is 1. The molecule has 1 aromatic rings. The maximum atomic E-state index is 5.75. The van der Waals surface area contributed by atoms with Gasteiger partial charge in [-0.3, -0.25) is 4.90 Å². The van der Waals surface area contributed by atoms with Crippen LogP contribution in [0.25, 0.3) is 0 Å². The van der Waals surface area contributed by atoms with Crippen LogP contribution in [0, 0.1) is 5.41 Å². The number of nitrogens with zero attached hydrogens (tertiary/aromatic N) is 2. The van der Waals surface area contributed by atoms with Crippen LogP contribution in [-0.2, 0) is 0 Å². The highest BCUT2D eigenvalue weighted by Gasteiger charge is 2.43. The molecule has 0 amide bonds. The lowest BCUT2D eigenvalue weighted by atomic mass is 10.0. The van der Waals surface area contributed by atoms with Crippen LogP contribution in [0.5, 0.6) is 5.75 Å². The van der Waals surface area contributed by atoms with Crippen LogP contribution in [-0.4, -0.2) is 51.3 Å². The number of rotatable bonds is 6. The Balaban J connectivity index is 1.53. The average Bonchev–Trinajstić information content (AvgIpc) is 3.28. The Hall–Kier alpha value is -1.26. The molecule has 1 aliphatic carbocycles. The Labute approximate surface area is 127 Å². The fourth-order valence-electron chi connectivity index (χ4n) is 3.42. The minimum atomic E-state index is 0.562. The molecule has 1 heterocycles. The van der Waals surface area contributed by atoms with Gasteiger partial charge in [-0.2, -0.15) is 0 Å². The second-order valence-electron chi connectivity index (χ2n) is 6.50. The van der Waals surface area contributed by atoms with Gasteiger partial charge in [0.15, 0.2) is 0 Å². The van der Waals surface area contributed by atoms with Crippen LogP contribution in [0.2, 0.25) is 0 Å². The summed E-state index contributed by atoms with van der Waals surface area (Å²) in [5, 5.41) is 0. The number of hydrogen-bond donors (Lipinski definition) is 1. The van der Waals surface area contributed by atoms with Crippen molar-refractivity contribution in [3.05, 3.63) is 24.3 Å². The highest BCUT2D eigenvalue weighted by Crippen LogP contribution is 2.49. The first-order valence-electron chi connectivity index (χ1n) is 8.06. The summed E-state index contributed by atoms with van der Waals surface area (Å²) in [6, 6.07) is 8.38.